The summed E-state index contributed by atoms with van der Waals surface area (Å²) in [5.41, 5.74) is 9.25. The predicted octanol–water partition coefficient (Wildman–Crippen LogP) is 3.52. The van der Waals surface area contributed by atoms with Crippen LogP contribution in [-0.2, 0) is 11.3 Å². The van der Waals surface area contributed by atoms with E-state index in [1.807, 2.05) is 37.3 Å². The molecule has 0 saturated carbocycles. The van der Waals surface area contributed by atoms with Crippen LogP contribution in [0.4, 0.5) is 0 Å². The van der Waals surface area contributed by atoms with Gasteiger partial charge < -0.3 is 30.6 Å². The maximum atomic E-state index is 12.6. The van der Waals surface area contributed by atoms with E-state index in [0.29, 0.717) is 30.3 Å². The minimum absolute atomic E-state index is 0.192. The molecule has 7 nitrogen and oxygen atoms in total. The molecular weight excluding hydrogens is 370 g/mol. The van der Waals surface area contributed by atoms with Crippen LogP contribution in [0.25, 0.3) is 5.73 Å². The van der Waals surface area contributed by atoms with Crippen LogP contribution < -0.4 is 20.1 Å². The Morgan fingerprint density at radius 3 is 2.59 bits per heavy atom. The summed E-state index contributed by atoms with van der Waals surface area (Å²) < 4.78 is 16.8. The van der Waals surface area contributed by atoms with Gasteiger partial charge in [0.05, 0.1) is 6.61 Å². The van der Waals surface area contributed by atoms with Crippen molar-refractivity contribution in [3.8, 4) is 11.5 Å². The Kier molecular flexibility index (Phi) is 9.01. The van der Waals surface area contributed by atoms with Crippen molar-refractivity contribution in [2.45, 2.75) is 25.8 Å². The molecule has 1 amide bonds. The number of rotatable bonds is 11. The zero-order valence-corrected chi connectivity index (χ0v) is 17.0. The van der Waals surface area contributed by atoms with Gasteiger partial charge in [0.2, 0.25) is 5.91 Å². The van der Waals surface area contributed by atoms with Crippen molar-refractivity contribution in [1.29, 1.82) is 0 Å². The molecule has 0 bridgehead atoms. The molecule has 0 aromatic heterocycles. The van der Waals surface area contributed by atoms with Gasteiger partial charge in [0, 0.05) is 25.8 Å². The Morgan fingerprint density at radius 1 is 1.17 bits per heavy atom. The third kappa shape index (κ3) is 7.85. The number of carbonyl (C=O) groups is 1. The van der Waals surface area contributed by atoms with Crippen molar-refractivity contribution < 1.29 is 19.0 Å². The first-order chi connectivity index (χ1) is 14.0. The standard InChI is InChI=1S/C22H28N3O4/c1-16(14-27-3)29-20-12-18(22(26)25-21(23)9-10-24-2)11-19(13-20)28-15-17-7-5-4-6-8-17/h4-13,16,21,23-24H,14-15H2,1-3H3,(H,25,26)/q-1/b10-9-/t16-,21?/m0/s1. The molecule has 0 aliphatic heterocycles. The molecule has 0 aliphatic rings. The Hall–Kier alpha value is -3.03. The number of carbonyl (C=O) groups excluding carboxylic acids is 1. The highest BCUT2D eigenvalue weighted by Gasteiger charge is 2.13. The molecule has 0 saturated heterocycles. The van der Waals surface area contributed by atoms with E-state index in [4.69, 9.17) is 19.9 Å². The number of hydrogen-bond acceptors (Lipinski definition) is 5. The van der Waals surface area contributed by atoms with Crippen molar-refractivity contribution in [2.75, 3.05) is 20.8 Å². The molecule has 0 fully saturated rings. The summed E-state index contributed by atoms with van der Waals surface area (Å²) in [7, 11) is 3.33. The van der Waals surface area contributed by atoms with Crippen molar-refractivity contribution in [2.24, 2.45) is 0 Å². The molecule has 2 rings (SSSR count). The smallest absolute Gasteiger partial charge is 0.250 e. The summed E-state index contributed by atoms with van der Waals surface area (Å²) in [6.45, 7) is 2.66. The van der Waals surface area contributed by atoms with Crippen LogP contribution >= 0.6 is 0 Å². The van der Waals surface area contributed by atoms with E-state index in [1.54, 1.807) is 38.6 Å². The number of methoxy groups -OCH3 is 1. The van der Waals surface area contributed by atoms with E-state index in [1.165, 1.54) is 6.08 Å². The molecule has 3 N–H and O–H groups in total. The van der Waals surface area contributed by atoms with E-state index < -0.39 is 6.17 Å². The molecule has 2 aromatic carbocycles. The zero-order valence-electron chi connectivity index (χ0n) is 17.0. The van der Waals surface area contributed by atoms with Gasteiger partial charge in [0.25, 0.3) is 0 Å². The SMILES string of the molecule is CN/C=C\C([NH-])NC(=O)c1cc(OCc2ccccc2)cc(O[C@@H](C)COC)c1. The lowest BCUT2D eigenvalue weighted by Gasteiger charge is -2.19. The normalized spacial score (nSPS) is 13.0. The molecule has 2 atom stereocenters. The second-order valence-corrected chi connectivity index (χ2v) is 6.45. The monoisotopic (exact) mass is 398 g/mol. The average molecular weight is 398 g/mol. The average Bonchev–Trinajstić information content (AvgIpc) is 2.71. The molecule has 0 spiro atoms. The molecule has 0 aliphatic carbocycles. The molecule has 156 valence electrons. The highest BCUT2D eigenvalue weighted by molar-refractivity contribution is 5.95. The lowest BCUT2D eigenvalue weighted by molar-refractivity contribution is 0.0907. The topological polar surface area (TPSA) is 92.6 Å². The predicted molar refractivity (Wildman–Crippen MR) is 113 cm³/mol. The highest BCUT2D eigenvalue weighted by atomic mass is 16.5. The van der Waals surface area contributed by atoms with Crippen LogP contribution in [0.2, 0.25) is 0 Å². The van der Waals surface area contributed by atoms with Gasteiger partial charge in [-0.05, 0) is 37.0 Å². The van der Waals surface area contributed by atoms with E-state index in [9.17, 15) is 4.79 Å². The number of hydrogen-bond donors (Lipinski definition) is 2. The minimum Gasteiger partial charge on any atom is -0.654 e. The van der Waals surface area contributed by atoms with Gasteiger partial charge >= 0.3 is 0 Å². The third-order valence-electron chi connectivity index (χ3n) is 3.87. The molecule has 2 aromatic rings. The Balaban J connectivity index is 2.18. The summed E-state index contributed by atoms with van der Waals surface area (Å²) in [5.74, 6) is 0.617. The Morgan fingerprint density at radius 2 is 1.90 bits per heavy atom. The van der Waals surface area contributed by atoms with Crippen LogP contribution in [0.1, 0.15) is 22.8 Å². The van der Waals surface area contributed by atoms with E-state index >= 15 is 0 Å². The summed E-state index contributed by atoms with van der Waals surface area (Å²) in [6, 6.07) is 14.8. The number of benzene rings is 2. The van der Waals surface area contributed by atoms with Gasteiger partial charge in [0.15, 0.2) is 0 Å². The molecule has 0 radical (unpaired) electrons. The van der Waals surface area contributed by atoms with Gasteiger partial charge in [-0.1, -0.05) is 36.4 Å². The maximum Gasteiger partial charge on any atom is 0.250 e. The van der Waals surface area contributed by atoms with Crippen LogP contribution in [0.15, 0.2) is 60.8 Å². The Bertz CT molecular complexity index is 796. The van der Waals surface area contributed by atoms with Crippen molar-refractivity contribution in [1.82, 2.24) is 10.6 Å². The fraction of sp³-hybridized carbons (Fsp3) is 0.318. The van der Waals surface area contributed by atoms with E-state index in [2.05, 4.69) is 10.6 Å². The Labute approximate surface area is 171 Å². The largest absolute Gasteiger partial charge is 0.654 e. The molecule has 1 unspecified atom stereocenters. The van der Waals surface area contributed by atoms with Crippen LogP contribution in [0.5, 0.6) is 11.5 Å². The van der Waals surface area contributed by atoms with Gasteiger partial charge in [-0.3, -0.25) is 4.79 Å². The van der Waals surface area contributed by atoms with E-state index in [-0.39, 0.29) is 12.0 Å². The second-order valence-electron chi connectivity index (χ2n) is 6.45. The summed E-state index contributed by atoms with van der Waals surface area (Å²) in [5, 5.41) is 5.39. The number of amides is 1. The van der Waals surface area contributed by atoms with Crippen molar-refractivity contribution >= 4 is 5.91 Å². The van der Waals surface area contributed by atoms with Gasteiger partial charge in [-0.25, -0.2) is 0 Å². The quantitative estimate of drug-likeness (QED) is 0.604. The lowest BCUT2D eigenvalue weighted by atomic mass is 10.1. The van der Waals surface area contributed by atoms with Crippen LogP contribution in [0, 0.1) is 0 Å². The maximum absolute atomic E-state index is 12.6. The first-order valence-corrected chi connectivity index (χ1v) is 9.35. The zero-order chi connectivity index (χ0) is 21.1. The highest BCUT2D eigenvalue weighted by Crippen LogP contribution is 2.25. The van der Waals surface area contributed by atoms with Crippen molar-refractivity contribution in [3.63, 3.8) is 0 Å². The molecular formula is C22H28N3O4-. The third-order valence-corrected chi connectivity index (χ3v) is 3.87. The molecule has 0 heterocycles. The second kappa shape index (κ2) is 11.7. The van der Waals surface area contributed by atoms with Crippen LogP contribution in [0.3, 0.4) is 0 Å². The van der Waals surface area contributed by atoms with Crippen molar-refractivity contribution in [3.05, 3.63) is 77.7 Å². The van der Waals surface area contributed by atoms with Gasteiger partial charge in [-0.15, -0.1) is 0 Å². The fourth-order valence-electron chi connectivity index (χ4n) is 2.56. The summed E-state index contributed by atoms with van der Waals surface area (Å²) in [4.78, 5) is 12.6. The number of ether oxygens (including phenoxy) is 3. The van der Waals surface area contributed by atoms with Gasteiger partial charge in [0.1, 0.15) is 24.2 Å². The van der Waals surface area contributed by atoms with Gasteiger partial charge in [-0.2, -0.15) is 0 Å². The van der Waals surface area contributed by atoms with E-state index in [0.717, 1.165) is 5.56 Å². The fourth-order valence-corrected chi connectivity index (χ4v) is 2.56. The summed E-state index contributed by atoms with van der Waals surface area (Å²) >= 11 is 0. The first kappa shape index (κ1) is 22.3. The number of nitrogens with one attached hydrogen (secondary N) is 3. The first-order valence-electron chi connectivity index (χ1n) is 9.35. The minimum atomic E-state index is -0.874. The lowest BCUT2D eigenvalue weighted by Crippen LogP contribution is -2.31. The van der Waals surface area contributed by atoms with Crippen LogP contribution in [-0.4, -0.2) is 38.9 Å². The molecule has 7 heteroatoms. The molecule has 29 heavy (non-hydrogen) atoms. The summed E-state index contributed by atoms with van der Waals surface area (Å²) in [6.07, 6.45) is 2.06.